The number of benzene rings is 1. The van der Waals surface area contributed by atoms with Crippen LogP contribution in [0.25, 0.3) is 22.6 Å². The molecule has 0 bridgehead atoms. The number of nitrogens with zero attached hydrogens (tertiary/aromatic N) is 8. The predicted octanol–water partition coefficient (Wildman–Crippen LogP) is 5.39. The minimum absolute atomic E-state index is 0.00248. The van der Waals surface area contributed by atoms with E-state index < -0.39 is 17.8 Å². The topological polar surface area (TPSA) is 131 Å². The molecule has 6 heterocycles. The van der Waals surface area contributed by atoms with E-state index in [2.05, 4.69) is 20.0 Å². The van der Waals surface area contributed by atoms with E-state index in [0.29, 0.717) is 47.9 Å². The summed E-state index contributed by atoms with van der Waals surface area (Å²) in [4.78, 5) is 20.0. The molecule has 2 aliphatic heterocycles. The third-order valence-corrected chi connectivity index (χ3v) is 8.53. The Labute approximate surface area is 266 Å². The lowest BCUT2D eigenvalue weighted by Crippen LogP contribution is -2.35. The van der Waals surface area contributed by atoms with Gasteiger partial charge in [-0.05, 0) is 56.6 Å². The number of nitriles is 1. The predicted molar refractivity (Wildman–Crippen MR) is 159 cm³/mol. The van der Waals surface area contributed by atoms with E-state index in [4.69, 9.17) is 24.7 Å². The summed E-state index contributed by atoms with van der Waals surface area (Å²) in [5, 5.41) is 14.6. The fourth-order valence-corrected chi connectivity index (χ4v) is 5.85. The minimum Gasteiger partial charge on any atom is -0.473 e. The van der Waals surface area contributed by atoms with Gasteiger partial charge in [-0.2, -0.15) is 23.5 Å². The summed E-state index contributed by atoms with van der Waals surface area (Å²) in [6.45, 7) is 3.45. The number of nitrogens with one attached hydrogen (secondary N) is 1. The van der Waals surface area contributed by atoms with Gasteiger partial charge >= 0.3 is 6.18 Å². The van der Waals surface area contributed by atoms with E-state index >= 15 is 0 Å². The van der Waals surface area contributed by atoms with E-state index in [9.17, 15) is 17.6 Å². The van der Waals surface area contributed by atoms with Crippen LogP contribution >= 0.6 is 0 Å². The molecular weight excluding hydrogens is 618 g/mol. The van der Waals surface area contributed by atoms with Crippen molar-refractivity contribution in [2.24, 2.45) is 0 Å². The summed E-state index contributed by atoms with van der Waals surface area (Å²) in [7, 11) is 0. The Morgan fingerprint density at radius 3 is 2.60 bits per heavy atom. The molecule has 0 radical (unpaired) electrons. The van der Waals surface area contributed by atoms with Gasteiger partial charge in [-0.3, -0.25) is 10.00 Å². The lowest BCUT2D eigenvalue weighted by Gasteiger charge is -2.32. The Bertz CT molecular complexity index is 1940. The zero-order valence-electron chi connectivity index (χ0n) is 25.0. The number of aromatic nitrogens is 7. The number of pyridine rings is 2. The molecule has 7 rings (SSSR count). The van der Waals surface area contributed by atoms with Gasteiger partial charge in [0.25, 0.3) is 0 Å². The Hall–Kier alpha value is -4.94. The summed E-state index contributed by atoms with van der Waals surface area (Å²) < 4.78 is 67.0. The number of likely N-dealkylation sites (tertiary alicyclic amines) is 1. The van der Waals surface area contributed by atoms with Crippen molar-refractivity contribution in [2.75, 3.05) is 19.7 Å². The molecule has 242 valence electrons. The maximum Gasteiger partial charge on any atom is 0.451 e. The van der Waals surface area contributed by atoms with E-state index in [0.717, 1.165) is 43.9 Å². The molecule has 1 aromatic carbocycles. The van der Waals surface area contributed by atoms with Crippen molar-refractivity contribution in [3.8, 4) is 23.3 Å². The number of imidazole rings is 1. The van der Waals surface area contributed by atoms with Gasteiger partial charge in [-0.1, -0.05) is 12.1 Å². The number of H-pyrrole nitrogens is 1. The molecule has 47 heavy (non-hydrogen) atoms. The quantitative estimate of drug-likeness (QED) is 0.209. The summed E-state index contributed by atoms with van der Waals surface area (Å²) in [6.07, 6.45) is -0.462. The Morgan fingerprint density at radius 2 is 1.89 bits per heavy atom. The zero-order chi connectivity index (χ0) is 32.5. The Morgan fingerprint density at radius 1 is 1.06 bits per heavy atom. The SMILES string of the molecule is N#Cc1ccc(COc2cccc(C3CCN(Cc4nc5cc(-c6n[nH]c(C(F)(F)F)n6)cnc5n4CC4CCO4)CC3)n2)c(F)c1. The highest BCUT2D eigenvalue weighted by atomic mass is 19.4. The highest BCUT2D eigenvalue weighted by Crippen LogP contribution is 2.31. The third kappa shape index (κ3) is 6.65. The summed E-state index contributed by atoms with van der Waals surface area (Å²) in [5.41, 5.74) is 3.02. The molecule has 2 saturated heterocycles. The first-order valence-electron chi connectivity index (χ1n) is 15.2. The average Bonchev–Trinajstić information content (AvgIpc) is 3.68. The van der Waals surface area contributed by atoms with Gasteiger partial charge in [0.1, 0.15) is 23.8 Å². The molecule has 4 aromatic heterocycles. The minimum atomic E-state index is -4.63. The second-order valence-corrected chi connectivity index (χ2v) is 11.6. The first-order valence-corrected chi connectivity index (χ1v) is 15.2. The van der Waals surface area contributed by atoms with E-state index in [1.165, 1.54) is 12.3 Å². The van der Waals surface area contributed by atoms with Crippen LogP contribution in [-0.2, 0) is 30.6 Å². The number of alkyl halides is 3. The number of halogens is 4. The van der Waals surface area contributed by atoms with Crippen LogP contribution in [0.3, 0.4) is 0 Å². The molecule has 5 aromatic rings. The highest BCUT2D eigenvalue weighted by molar-refractivity contribution is 5.77. The van der Waals surface area contributed by atoms with Crippen LogP contribution in [0.15, 0.2) is 48.7 Å². The van der Waals surface area contributed by atoms with Gasteiger partial charge in [-0.25, -0.2) is 24.3 Å². The molecule has 1 atom stereocenters. The van der Waals surface area contributed by atoms with E-state index in [1.807, 2.05) is 27.9 Å². The second kappa shape index (κ2) is 12.7. The van der Waals surface area contributed by atoms with Crippen LogP contribution in [0.5, 0.6) is 5.88 Å². The molecular formula is C32H29F4N9O2. The lowest BCUT2D eigenvalue weighted by molar-refractivity contribution is -0.144. The summed E-state index contributed by atoms with van der Waals surface area (Å²) >= 11 is 0. The van der Waals surface area contributed by atoms with Crippen LogP contribution in [0, 0.1) is 17.1 Å². The number of rotatable bonds is 9. The smallest absolute Gasteiger partial charge is 0.451 e. The summed E-state index contributed by atoms with van der Waals surface area (Å²) in [6, 6.07) is 13.5. The second-order valence-electron chi connectivity index (χ2n) is 11.6. The van der Waals surface area contributed by atoms with Crippen LogP contribution in [0.1, 0.15) is 53.7 Å². The maximum atomic E-state index is 14.3. The lowest BCUT2D eigenvalue weighted by atomic mass is 9.93. The molecule has 0 amide bonds. The summed E-state index contributed by atoms with van der Waals surface area (Å²) in [5.74, 6) is -0.336. The fraction of sp³-hybridized carbons (Fsp3) is 0.375. The number of piperidine rings is 1. The van der Waals surface area contributed by atoms with Crippen molar-refractivity contribution >= 4 is 11.2 Å². The molecule has 2 aliphatic rings. The van der Waals surface area contributed by atoms with E-state index in [-0.39, 0.29) is 30.0 Å². The van der Waals surface area contributed by atoms with Gasteiger partial charge < -0.3 is 14.0 Å². The van der Waals surface area contributed by atoms with Gasteiger partial charge in [0, 0.05) is 41.6 Å². The largest absolute Gasteiger partial charge is 0.473 e. The van der Waals surface area contributed by atoms with Crippen molar-refractivity contribution < 1.29 is 27.0 Å². The molecule has 15 heteroatoms. The monoisotopic (exact) mass is 647 g/mol. The van der Waals surface area contributed by atoms with Crippen LogP contribution < -0.4 is 4.74 Å². The molecule has 0 spiro atoms. The number of hydrogen-bond acceptors (Lipinski definition) is 9. The van der Waals surface area contributed by atoms with E-state index in [1.54, 1.807) is 24.3 Å². The maximum absolute atomic E-state index is 14.3. The Kier molecular flexibility index (Phi) is 8.29. The number of hydrogen-bond donors (Lipinski definition) is 1. The van der Waals surface area contributed by atoms with Crippen molar-refractivity contribution in [1.29, 1.82) is 5.26 Å². The third-order valence-electron chi connectivity index (χ3n) is 8.53. The van der Waals surface area contributed by atoms with Gasteiger partial charge in [0.2, 0.25) is 11.7 Å². The number of fused-ring (bicyclic) bond motifs is 1. The number of aromatic amines is 1. The molecule has 1 N–H and O–H groups in total. The molecule has 0 saturated carbocycles. The zero-order valence-corrected chi connectivity index (χ0v) is 25.0. The normalized spacial score (nSPS) is 17.5. The first-order chi connectivity index (χ1) is 22.7. The first kappa shape index (κ1) is 30.7. The molecule has 0 aliphatic carbocycles. The van der Waals surface area contributed by atoms with Gasteiger partial charge in [0.15, 0.2) is 11.5 Å². The van der Waals surface area contributed by atoms with Crippen molar-refractivity contribution in [1.82, 2.24) is 39.6 Å². The van der Waals surface area contributed by atoms with Crippen LogP contribution in [-0.4, -0.2) is 65.4 Å². The van der Waals surface area contributed by atoms with Crippen LogP contribution in [0.2, 0.25) is 0 Å². The number of ether oxygens (including phenoxy) is 2. The van der Waals surface area contributed by atoms with Crippen molar-refractivity contribution in [2.45, 2.75) is 57.2 Å². The molecule has 11 nitrogen and oxygen atoms in total. The Balaban J connectivity index is 1.02. The van der Waals surface area contributed by atoms with Gasteiger partial charge in [0.05, 0.1) is 30.8 Å². The average molecular weight is 648 g/mol. The van der Waals surface area contributed by atoms with Crippen molar-refractivity contribution in [3.63, 3.8) is 0 Å². The fourth-order valence-electron chi connectivity index (χ4n) is 5.85. The molecule has 2 fully saturated rings. The van der Waals surface area contributed by atoms with Crippen molar-refractivity contribution in [3.05, 3.63) is 82.9 Å². The standard InChI is InChI=1S/C32H29F4N9O2/c33-24-12-19(14-37)4-5-21(24)18-47-28-3-1-2-25(40-28)20-6-9-44(10-7-20)17-27-39-26-13-22(29-41-31(43-42-29)32(34,35)36)15-38-30(26)45(27)16-23-8-11-46-23/h1-5,12-13,15,20,23H,6-11,16-18H2,(H,41,42,43). The van der Waals surface area contributed by atoms with Crippen LogP contribution in [0.4, 0.5) is 17.6 Å². The highest BCUT2D eigenvalue weighted by Gasteiger charge is 2.35. The van der Waals surface area contributed by atoms with Gasteiger partial charge in [-0.15, -0.1) is 0 Å². The molecule has 1 unspecified atom stereocenters.